The average molecular weight is 406 g/mol. The first-order chi connectivity index (χ1) is 13.4. The largest absolute Gasteiger partial charge is 0.340 e. The predicted molar refractivity (Wildman–Crippen MR) is 105 cm³/mol. The number of nitrogens with zero attached hydrogens (tertiary/aromatic N) is 3. The summed E-state index contributed by atoms with van der Waals surface area (Å²) in [6.45, 7) is 2.56. The molecule has 0 bridgehead atoms. The standard InChI is InChI=1S/C20H27N3O4S/c1-21-18(24)13-17(19(21)15-5-3-2-4-6-15)20(25)23-10-8-22(9-11-23)16-7-12-28(26,27)14-16/h2-6,16-17,19H,7-14H2,1H3/t16-,17-,19+/m1/s1. The van der Waals surface area contributed by atoms with E-state index in [1.165, 1.54) is 0 Å². The van der Waals surface area contributed by atoms with Gasteiger partial charge in [0, 0.05) is 45.7 Å². The third-order valence-corrected chi connectivity index (χ3v) is 8.15. The van der Waals surface area contributed by atoms with E-state index in [4.69, 9.17) is 0 Å². The maximum atomic E-state index is 13.2. The molecule has 3 fully saturated rings. The van der Waals surface area contributed by atoms with Gasteiger partial charge in [-0.3, -0.25) is 14.5 Å². The monoisotopic (exact) mass is 405 g/mol. The maximum Gasteiger partial charge on any atom is 0.228 e. The Hall–Kier alpha value is -1.93. The van der Waals surface area contributed by atoms with E-state index in [0.29, 0.717) is 32.6 Å². The first kappa shape index (κ1) is 19.4. The van der Waals surface area contributed by atoms with E-state index in [2.05, 4.69) is 4.90 Å². The van der Waals surface area contributed by atoms with Gasteiger partial charge in [0.05, 0.1) is 23.5 Å². The Morgan fingerprint density at radius 2 is 1.75 bits per heavy atom. The molecule has 1 aromatic rings. The Bertz CT molecular complexity index is 849. The number of hydrogen-bond donors (Lipinski definition) is 0. The van der Waals surface area contributed by atoms with E-state index in [-0.39, 0.29) is 47.7 Å². The van der Waals surface area contributed by atoms with Crippen molar-refractivity contribution in [2.45, 2.75) is 24.9 Å². The zero-order chi connectivity index (χ0) is 19.9. The fourth-order valence-corrected chi connectivity index (χ4v) is 6.56. The van der Waals surface area contributed by atoms with Gasteiger partial charge in [-0.05, 0) is 12.0 Å². The van der Waals surface area contributed by atoms with Crippen LogP contribution in [0.2, 0.25) is 0 Å². The quantitative estimate of drug-likeness (QED) is 0.733. The molecule has 0 saturated carbocycles. The van der Waals surface area contributed by atoms with Crippen LogP contribution in [-0.2, 0) is 19.4 Å². The molecule has 3 heterocycles. The van der Waals surface area contributed by atoms with Crippen molar-refractivity contribution in [1.82, 2.24) is 14.7 Å². The van der Waals surface area contributed by atoms with Gasteiger partial charge in [0.15, 0.2) is 9.84 Å². The number of sulfone groups is 1. The van der Waals surface area contributed by atoms with Gasteiger partial charge in [-0.15, -0.1) is 0 Å². The van der Waals surface area contributed by atoms with Gasteiger partial charge in [-0.25, -0.2) is 8.42 Å². The summed E-state index contributed by atoms with van der Waals surface area (Å²) in [5.74, 6) is 0.177. The Kier molecular flexibility index (Phi) is 5.18. The predicted octanol–water partition coefficient (Wildman–Crippen LogP) is 0.537. The van der Waals surface area contributed by atoms with E-state index in [1.807, 2.05) is 35.2 Å². The number of carbonyl (C=O) groups is 2. The zero-order valence-corrected chi connectivity index (χ0v) is 17.0. The summed E-state index contributed by atoms with van der Waals surface area (Å²) in [5, 5.41) is 0. The zero-order valence-electron chi connectivity index (χ0n) is 16.2. The Balaban J connectivity index is 1.42. The molecule has 0 unspecified atom stereocenters. The lowest BCUT2D eigenvalue weighted by Gasteiger charge is -2.39. The summed E-state index contributed by atoms with van der Waals surface area (Å²) in [6, 6.07) is 9.60. The molecule has 4 rings (SSSR count). The minimum Gasteiger partial charge on any atom is -0.340 e. The molecule has 3 aliphatic heterocycles. The van der Waals surface area contributed by atoms with Crippen molar-refractivity contribution in [3.8, 4) is 0 Å². The fraction of sp³-hybridized carbons (Fsp3) is 0.600. The van der Waals surface area contributed by atoms with Crippen LogP contribution in [0.1, 0.15) is 24.4 Å². The van der Waals surface area contributed by atoms with Crippen LogP contribution < -0.4 is 0 Å². The van der Waals surface area contributed by atoms with Crippen molar-refractivity contribution < 1.29 is 18.0 Å². The third kappa shape index (κ3) is 3.67. The topological polar surface area (TPSA) is 78.0 Å². The van der Waals surface area contributed by atoms with Crippen molar-refractivity contribution in [3.63, 3.8) is 0 Å². The highest BCUT2D eigenvalue weighted by Crippen LogP contribution is 2.38. The molecule has 8 heteroatoms. The first-order valence-corrected chi connectivity index (χ1v) is 11.7. The average Bonchev–Trinajstić information content (AvgIpc) is 3.21. The molecular weight excluding hydrogens is 378 g/mol. The summed E-state index contributed by atoms with van der Waals surface area (Å²) >= 11 is 0. The van der Waals surface area contributed by atoms with Gasteiger partial charge in [-0.2, -0.15) is 0 Å². The summed E-state index contributed by atoms with van der Waals surface area (Å²) in [4.78, 5) is 31.3. The van der Waals surface area contributed by atoms with Gasteiger partial charge in [0.1, 0.15) is 0 Å². The van der Waals surface area contributed by atoms with E-state index in [1.54, 1.807) is 11.9 Å². The number of amides is 2. The van der Waals surface area contributed by atoms with Crippen LogP contribution in [0.5, 0.6) is 0 Å². The molecule has 0 aromatic heterocycles. The second kappa shape index (κ2) is 7.48. The van der Waals surface area contributed by atoms with Gasteiger partial charge >= 0.3 is 0 Å². The minimum atomic E-state index is -2.90. The highest BCUT2D eigenvalue weighted by atomic mass is 32.2. The highest BCUT2D eigenvalue weighted by molar-refractivity contribution is 7.91. The SMILES string of the molecule is CN1C(=O)C[C@@H](C(=O)N2CCN([C@@H]3CCS(=O)(=O)C3)CC2)[C@@H]1c1ccccc1. The minimum absolute atomic E-state index is 0.00185. The number of carbonyl (C=O) groups excluding carboxylic acids is 2. The normalized spacial score (nSPS) is 30.8. The Morgan fingerprint density at radius 3 is 2.36 bits per heavy atom. The molecule has 7 nitrogen and oxygen atoms in total. The molecule has 0 radical (unpaired) electrons. The number of rotatable bonds is 3. The molecule has 152 valence electrons. The van der Waals surface area contributed by atoms with E-state index >= 15 is 0 Å². The van der Waals surface area contributed by atoms with Crippen LogP contribution in [0.3, 0.4) is 0 Å². The van der Waals surface area contributed by atoms with Gasteiger partial charge in [-0.1, -0.05) is 30.3 Å². The molecule has 0 spiro atoms. The summed E-state index contributed by atoms with van der Waals surface area (Å²) in [6.07, 6.45) is 0.935. The van der Waals surface area contributed by atoms with Crippen LogP contribution >= 0.6 is 0 Å². The van der Waals surface area contributed by atoms with Crippen LogP contribution in [0.25, 0.3) is 0 Å². The highest BCUT2D eigenvalue weighted by Gasteiger charge is 2.45. The van der Waals surface area contributed by atoms with Crippen LogP contribution in [0.4, 0.5) is 0 Å². The second-order valence-corrected chi connectivity index (χ2v) is 10.3. The van der Waals surface area contributed by atoms with Crippen LogP contribution in [0, 0.1) is 5.92 Å². The van der Waals surface area contributed by atoms with Crippen LogP contribution in [-0.4, -0.2) is 85.7 Å². The lowest BCUT2D eigenvalue weighted by molar-refractivity contribution is -0.138. The van der Waals surface area contributed by atoms with E-state index in [9.17, 15) is 18.0 Å². The van der Waals surface area contributed by atoms with Gasteiger partial charge in [0.2, 0.25) is 11.8 Å². The molecule has 2 amide bonds. The smallest absolute Gasteiger partial charge is 0.228 e. The number of benzene rings is 1. The molecule has 0 N–H and O–H groups in total. The molecule has 3 aliphatic rings. The molecule has 3 saturated heterocycles. The fourth-order valence-electron chi connectivity index (χ4n) is 4.80. The Labute approximate surface area is 166 Å². The number of likely N-dealkylation sites (tertiary alicyclic amines) is 1. The third-order valence-electron chi connectivity index (χ3n) is 6.40. The summed E-state index contributed by atoms with van der Waals surface area (Å²) < 4.78 is 23.5. The maximum absolute atomic E-state index is 13.2. The lowest BCUT2D eigenvalue weighted by Crippen LogP contribution is -2.53. The first-order valence-electron chi connectivity index (χ1n) is 9.89. The number of piperazine rings is 1. The van der Waals surface area contributed by atoms with Crippen molar-refractivity contribution in [3.05, 3.63) is 35.9 Å². The van der Waals surface area contributed by atoms with E-state index < -0.39 is 9.84 Å². The Morgan fingerprint density at radius 1 is 1.07 bits per heavy atom. The van der Waals surface area contributed by atoms with Crippen molar-refractivity contribution in [1.29, 1.82) is 0 Å². The molecule has 3 atom stereocenters. The number of hydrogen-bond acceptors (Lipinski definition) is 5. The van der Waals surface area contributed by atoms with E-state index in [0.717, 1.165) is 5.56 Å². The van der Waals surface area contributed by atoms with Crippen molar-refractivity contribution >= 4 is 21.7 Å². The van der Waals surface area contributed by atoms with Crippen molar-refractivity contribution in [2.24, 2.45) is 5.92 Å². The van der Waals surface area contributed by atoms with Gasteiger partial charge in [0.25, 0.3) is 0 Å². The van der Waals surface area contributed by atoms with Crippen molar-refractivity contribution in [2.75, 3.05) is 44.7 Å². The lowest BCUT2D eigenvalue weighted by atomic mass is 9.92. The molecule has 28 heavy (non-hydrogen) atoms. The van der Waals surface area contributed by atoms with Crippen LogP contribution in [0.15, 0.2) is 30.3 Å². The molecule has 1 aromatic carbocycles. The summed E-state index contributed by atoms with van der Waals surface area (Å²) in [7, 11) is -1.13. The summed E-state index contributed by atoms with van der Waals surface area (Å²) in [5.41, 5.74) is 0.990. The molecule has 0 aliphatic carbocycles. The second-order valence-electron chi connectivity index (χ2n) is 8.09. The molecular formula is C20H27N3O4S. The van der Waals surface area contributed by atoms with Gasteiger partial charge < -0.3 is 9.80 Å².